The number of hydrogen-bond acceptors (Lipinski definition) is 4. The Hall–Kier alpha value is -1.11. The molecule has 0 saturated heterocycles. The van der Waals surface area contributed by atoms with Crippen LogP contribution in [0, 0.1) is 0 Å². The molecule has 0 amide bonds. The number of nitrogens with zero attached hydrogens (tertiary/aromatic N) is 3. The fourth-order valence-corrected chi connectivity index (χ4v) is 2.78. The first-order chi connectivity index (χ1) is 7.99. The van der Waals surface area contributed by atoms with Gasteiger partial charge in [0.2, 0.25) is 0 Å². The molecule has 5 nitrogen and oxygen atoms in total. The molecule has 0 radical (unpaired) electrons. The first-order valence-electron chi connectivity index (χ1n) is 4.55. The van der Waals surface area contributed by atoms with Gasteiger partial charge in [0.25, 0.3) is 0 Å². The van der Waals surface area contributed by atoms with E-state index in [-0.39, 0.29) is 18.0 Å². The minimum absolute atomic E-state index is 0.146. The molecule has 0 aromatic carbocycles. The largest absolute Gasteiger partial charge is 0.345 e. The molecule has 0 bridgehead atoms. The molecule has 90 valence electrons. The zero-order chi connectivity index (χ0) is 12.6. The fourth-order valence-electron chi connectivity index (χ4n) is 1.28. The van der Waals surface area contributed by atoms with E-state index in [2.05, 4.69) is 5.10 Å². The molecule has 0 N–H and O–H groups in total. The first-order valence-corrected chi connectivity index (χ1v) is 6.12. The fraction of sp³-hybridized carbons (Fsp3) is 0.222. The molecule has 0 aliphatic rings. The summed E-state index contributed by atoms with van der Waals surface area (Å²) >= 11 is 12.7. The lowest BCUT2D eigenvalue weighted by Crippen LogP contribution is -2.26. The standard InChI is InChI=1S/C9H7Cl2N3O2S/c1-13-4-12-14(9(13)16)3-6(15)5-2-7(10)17-8(5)11/h2,4H,3H2,1H3. The molecule has 2 aromatic heterocycles. The maximum absolute atomic E-state index is 11.9. The summed E-state index contributed by atoms with van der Waals surface area (Å²) in [5.41, 5.74) is -0.0324. The van der Waals surface area contributed by atoms with E-state index in [0.29, 0.717) is 14.2 Å². The van der Waals surface area contributed by atoms with E-state index < -0.39 is 0 Å². The molecule has 0 aliphatic carbocycles. The zero-order valence-electron chi connectivity index (χ0n) is 8.68. The summed E-state index contributed by atoms with van der Waals surface area (Å²) in [7, 11) is 1.56. The van der Waals surface area contributed by atoms with E-state index in [1.54, 1.807) is 7.05 Å². The number of carbonyl (C=O) groups excluding carboxylic acids is 1. The lowest BCUT2D eigenvalue weighted by Gasteiger charge is -1.97. The van der Waals surface area contributed by atoms with Crippen molar-refractivity contribution in [3.63, 3.8) is 0 Å². The van der Waals surface area contributed by atoms with E-state index in [4.69, 9.17) is 23.2 Å². The Morgan fingerprint density at radius 2 is 2.24 bits per heavy atom. The highest BCUT2D eigenvalue weighted by atomic mass is 35.5. The molecule has 0 atom stereocenters. The van der Waals surface area contributed by atoms with Crippen LogP contribution in [0.3, 0.4) is 0 Å². The Kier molecular flexibility index (Phi) is 3.37. The number of Topliss-reactive ketones (excluding diaryl/α,β-unsaturated/α-hetero) is 1. The second kappa shape index (κ2) is 4.64. The van der Waals surface area contributed by atoms with Crippen molar-refractivity contribution < 1.29 is 4.79 Å². The Morgan fingerprint density at radius 1 is 1.53 bits per heavy atom. The van der Waals surface area contributed by atoms with Gasteiger partial charge in [-0.1, -0.05) is 23.2 Å². The number of thiophene rings is 1. The van der Waals surface area contributed by atoms with Gasteiger partial charge in [0.05, 0.1) is 9.90 Å². The van der Waals surface area contributed by atoms with Gasteiger partial charge in [-0.05, 0) is 6.07 Å². The second-order valence-electron chi connectivity index (χ2n) is 3.34. The Labute approximate surface area is 110 Å². The molecule has 2 aromatic rings. The van der Waals surface area contributed by atoms with Crippen molar-refractivity contribution in [2.75, 3.05) is 0 Å². The summed E-state index contributed by atoms with van der Waals surface area (Å²) in [6.45, 7) is -0.146. The molecule has 8 heteroatoms. The topological polar surface area (TPSA) is 56.9 Å². The summed E-state index contributed by atoms with van der Waals surface area (Å²) in [6, 6.07) is 1.49. The third kappa shape index (κ3) is 2.43. The molecule has 0 spiro atoms. The number of carbonyl (C=O) groups is 1. The summed E-state index contributed by atoms with van der Waals surface area (Å²) in [6.07, 6.45) is 1.35. The van der Waals surface area contributed by atoms with Gasteiger partial charge in [0, 0.05) is 7.05 Å². The highest BCUT2D eigenvalue weighted by Crippen LogP contribution is 2.31. The maximum atomic E-state index is 11.9. The molecular formula is C9H7Cl2N3O2S. The maximum Gasteiger partial charge on any atom is 0.345 e. The number of ketones is 1. The minimum atomic E-state index is -0.351. The molecule has 0 aliphatic heterocycles. The summed E-state index contributed by atoms with van der Waals surface area (Å²) < 4.78 is 3.12. The van der Waals surface area contributed by atoms with Crippen LogP contribution in [0.2, 0.25) is 8.67 Å². The molecule has 2 rings (SSSR count). The SMILES string of the molecule is Cn1cnn(CC(=O)c2cc(Cl)sc2Cl)c1=O. The molecule has 17 heavy (non-hydrogen) atoms. The van der Waals surface area contributed by atoms with Crippen molar-refractivity contribution in [1.29, 1.82) is 0 Å². The van der Waals surface area contributed by atoms with Crippen LogP contribution in [0.5, 0.6) is 0 Å². The van der Waals surface area contributed by atoms with Crippen LogP contribution in [-0.4, -0.2) is 20.1 Å². The van der Waals surface area contributed by atoms with Gasteiger partial charge in [-0.2, -0.15) is 5.10 Å². The summed E-state index contributed by atoms with van der Waals surface area (Å²) in [5.74, 6) is -0.293. The van der Waals surface area contributed by atoms with Gasteiger partial charge in [0.1, 0.15) is 17.2 Å². The second-order valence-corrected chi connectivity index (χ2v) is 5.63. The Balaban J connectivity index is 2.26. The van der Waals surface area contributed by atoms with Gasteiger partial charge in [-0.15, -0.1) is 11.3 Å². The first kappa shape index (κ1) is 12.3. The van der Waals surface area contributed by atoms with Gasteiger partial charge in [-0.3, -0.25) is 9.36 Å². The number of halogens is 2. The van der Waals surface area contributed by atoms with Crippen LogP contribution in [0.4, 0.5) is 0 Å². The van der Waals surface area contributed by atoms with Crippen LogP contribution in [0.15, 0.2) is 17.2 Å². The molecule has 2 heterocycles. The number of aryl methyl sites for hydroxylation is 1. The van der Waals surface area contributed by atoms with Crippen molar-refractivity contribution in [2.24, 2.45) is 7.05 Å². The van der Waals surface area contributed by atoms with Crippen molar-refractivity contribution in [3.05, 3.63) is 37.1 Å². The van der Waals surface area contributed by atoms with E-state index in [1.165, 1.54) is 17.0 Å². The minimum Gasteiger partial charge on any atom is -0.292 e. The van der Waals surface area contributed by atoms with E-state index in [1.807, 2.05) is 0 Å². The van der Waals surface area contributed by atoms with Crippen LogP contribution < -0.4 is 5.69 Å². The van der Waals surface area contributed by atoms with E-state index in [0.717, 1.165) is 16.0 Å². The van der Waals surface area contributed by atoms with Crippen molar-refractivity contribution in [2.45, 2.75) is 6.54 Å². The number of aromatic nitrogens is 3. The lowest BCUT2D eigenvalue weighted by molar-refractivity contribution is 0.0966. The third-order valence-electron chi connectivity index (χ3n) is 2.14. The molecule has 0 saturated carbocycles. The monoisotopic (exact) mass is 291 g/mol. The third-order valence-corrected chi connectivity index (χ3v) is 3.62. The Morgan fingerprint density at radius 3 is 2.71 bits per heavy atom. The zero-order valence-corrected chi connectivity index (χ0v) is 11.0. The van der Waals surface area contributed by atoms with Crippen LogP contribution >= 0.6 is 34.5 Å². The van der Waals surface area contributed by atoms with Gasteiger partial charge in [0.15, 0.2) is 5.78 Å². The summed E-state index contributed by atoms with van der Waals surface area (Å²) in [5, 5.41) is 3.79. The average molecular weight is 292 g/mol. The van der Waals surface area contributed by atoms with Gasteiger partial charge < -0.3 is 0 Å². The predicted molar refractivity (Wildman–Crippen MR) is 66.1 cm³/mol. The highest BCUT2D eigenvalue weighted by Gasteiger charge is 2.16. The Bertz CT molecular complexity index is 628. The van der Waals surface area contributed by atoms with Crippen molar-refractivity contribution in [1.82, 2.24) is 14.3 Å². The molecule has 0 fully saturated rings. The van der Waals surface area contributed by atoms with E-state index in [9.17, 15) is 9.59 Å². The van der Waals surface area contributed by atoms with Gasteiger partial charge in [-0.25, -0.2) is 9.48 Å². The van der Waals surface area contributed by atoms with Crippen LogP contribution in [0.25, 0.3) is 0 Å². The van der Waals surface area contributed by atoms with Crippen molar-refractivity contribution in [3.8, 4) is 0 Å². The normalized spacial score (nSPS) is 10.8. The number of hydrogen-bond donors (Lipinski definition) is 0. The lowest BCUT2D eigenvalue weighted by atomic mass is 10.2. The highest BCUT2D eigenvalue weighted by molar-refractivity contribution is 7.20. The molecule has 0 unspecified atom stereocenters. The molecular weight excluding hydrogens is 285 g/mol. The quantitative estimate of drug-likeness (QED) is 0.811. The number of rotatable bonds is 3. The van der Waals surface area contributed by atoms with Crippen LogP contribution in [0.1, 0.15) is 10.4 Å². The van der Waals surface area contributed by atoms with E-state index >= 15 is 0 Å². The van der Waals surface area contributed by atoms with Gasteiger partial charge >= 0.3 is 5.69 Å². The van der Waals surface area contributed by atoms with Crippen molar-refractivity contribution >= 4 is 40.3 Å². The van der Waals surface area contributed by atoms with Crippen LogP contribution in [-0.2, 0) is 13.6 Å². The summed E-state index contributed by atoms with van der Waals surface area (Å²) in [4.78, 5) is 23.3. The smallest absolute Gasteiger partial charge is 0.292 e. The predicted octanol–water partition coefficient (Wildman–Crippen LogP) is 1.83. The average Bonchev–Trinajstić information content (AvgIpc) is 2.75.